The lowest BCUT2D eigenvalue weighted by atomic mass is 9.98. The van der Waals surface area contributed by atoms with Gasteiger partial charge in [0.05, 0.1) is 0 Å². The average Bonchev–Trinajstić information content (AvgIpc) is 2.46. The number of nitrogens with two attached hydrogens (primary N) is 1. The van der Waals surface area contributed by atoms with Crippen LogP contribution in [0.25, 0.3) is 0 Å². The molecule has 110 valence electrons. The van der Waals surface area contributed by atoms with Gasteiger partial charge < -0.3 is 5.73 Å². The molecule has 21 heavy (non-hydrogen) atoms. The van der Waals surface area contributed by atoms with Crippen molar-refractivity contribution < 1.29 is 13.2 Å². The standard InChI is InChI=1S/C16H15F3N2/c17-13-7-15(19)14(18)6-11(13)8-21-5-4-10-2-1-3-16(20)12(10)9-21/h1-3,6-7H,4-5,8-9,20H2. The second-order valence-corrected chi connectivity index (χ2v) is 5.30. The molecule has 0 fully saturated rings. The van der Waals surface area contributed by atoms with Gasteiger partial charge in [-0.15, -0.1) is 0 Å². The summed E-state index contributed by atoms with van der Waals surface area (Å²) < 4.78 is 39.9. The van der Waals surface area contributed by atoms with E-state index < -0.39 is 17.5 Å². The molecule has 0 bridgehead atoms. The highest BCUT2D eigenvalue weighted by Crippen LogP contribution is 2.26. The Morgan fingerprint density at radius 1 is 1.05 bits per heavy atom. The summed E-state index contributed by atoms with van der Waals surface area (Å²) in [6.07, 6.45) is 0.811. The second kappa shape index (κ2) is 5.41. The monoisotopic (exact) mass is 292 g/mol. The summed E-state index contributed by atoms with van der Waals surface area (Å²) in [6, 6.07) is 7.30. The van der Waals surface area contributed by atoms with Gasteiger partial charge in [0, 0.05) is 37.0 Å². The van der Waals surface area contributed by atoms with Crippen molar-refractivity contribution in [1.29, 1.82) is 0 Å². The van der Waals surface area contributed by atoms with E-state index in [0.717, 1.165) is 24.6 Å². The Morgan fingerprint density at radius 3 is 2.62 bits per heavy atom. The Morgan fingerprint density at radius 2 is 1.81 bits per heavy atom. The lowest BCUT2D eigenvalue weighted by molar-refractivity contribution is 0.242. The van der Waals surface area contributed by atoms with Crippen LogP contribution in [-0.4, -0.2) is 11.4 Å². The van der Waals surface area contributed by atoms with Gasteiger partial charge in [-0.25, -0.2) is 13.2 Å². The first-order valence-corrected chi connectivity index (χ1v) is 6.76. The number of halogens is 3. The lowest BCUT2D eigenvalue weighted by Crippen LogP contribution is -2.31. The molecule has 1 heterocycles. The number of anilines is 1. The van der Waals surface area contributed by atoms with Gasteiger partial charge >= 0.3 is 0 Å². The third-order valence-corrected chi connectivity index (χ3v) is 3.87. The van der Waals surface area contributed by atoms with Crippen molar-refractivity contribution >= 4 is 5.69 Å². The molecule has 0 saturated carbocycles. The minimum atomic E-state index is -1.16. The van der Waals surface area contributed by atoms with Gasteiger partial charge in [-0.2, -0.15) is 0 Å². The zero-order chi connectivity index (χ0) is 15.0. The van der Waals surface area contributed by atoms with Gasteiger partial charge in [-0.1, -0.05) is 12.1 Å². The molecule has 0 amide bonds. The molecule has 1 aliphatic rings. The third kappa shape index (κ3) is 2.74. The second-order valence-electron chi connectivity index (χ2n) is 5.30. The largest absolute Gasteiger partial charge is 0.398 e. The molecule has 2 nitrogen and oxygen atoms in total. The van der Waals surface area contributed by atoms with E-state index in [1.54, 1.807) is 0 Å². The molecule has 0 saturated heterocycles. The van der Waals surface area contributed by atoms with Crippen molar-refractivity contribution in [3.63, 3.8) is 0 Å². The van der Waals surface area contributed by atoms with Crippen molar-refractivity contribution in [2.75, 3.05) is 12.3 Å². The molecule has 0 aromatic heterocycles. The smallest absolute Gasteiger partial charge is 0.161 e. The van der Waals surface area contributed by atoms with Crippen LogP contribution in [0.2, 0.25) is 0 Å². The maximum absolute atomic E-state index is 13.7. The fraction of sp³-hybridized carbons (Fsp3) is 0.250. The van der Waals surface area contributed by atoms with Crippen LogP contribution in [0.5, 0.6) is 0 Å². The molecular formula is C16H15F3N2. The first kappa shape index (κ1) is 13.9. The van der Waals surface area contributed by atoms with Gasteiger partial charge in [0.15, 0.2) is 11.6 Å². The first-order valence-electron chi connectivity index (χ1n) is 6.76. The normalized spacial score (nSPS) is 15.0. The van der Waals surface area contributed by atoms with E-state index in [0.29, 0.717) is 18.3 Å². The minimum absolute atomic E-state index is 0.159. The third-order valence-electron chi connectivity index (χ3n) is 3.87. The van der Waals surface area contributed by atoms with Crippen molar-refractivity contribution in [3.05, 3.63) is 64.5 Å². The Balaban J connectivity index is 1.82. The molecular weight excluding hydrogens is 277 g/mol. The molecule has 0 spiro atoms. The number of fused-ring (bicyclic) bond motifs is 1. The Labute approximate surface area is 121 Å². The van der Waals surface area contributed by atoms with Crippen LogP contribution in [0.15, 0.2) is 30.3 Å². The van der Waals surface area contributed by atoms with Crippen molar-refractivity contribution in [1.82, 2.24) is 4.90 Å². The van der Waals surface area contributed by atoms with E-state index in [2.05, 4.69) is 0 Å². The van der Waals surface area contributed by atoms with Crippen LogP contribution >= 0.6 is 0 Å². The highest BCUT2D eigenvalue weighted by atomic mass is 19.2. The SMILES string of the molecule is Nc1cccc2c1CN(Cc1cc(F)c(F)cc1F)CC2. The summed E-state index contributed by atoms with van der Waals surface area (Å²) in [5, 5.41) is 0. The van der Waals surface area contributed by atoms with Crippen molar-refractivity contribution in [2.24, 2.45) is 0 Å². The maximum Gasteiger partial charge on any atom is 0.161 e. The molecule has 2 aromatic carbocycles. The Hall–Kier alpha value is -2.01. The fourth-order valence-electron chi connectivity index (χ4n) is 2.72. The van der Waals surface area contributed by atoms with Gasteiger partial charge in [0.1, 0.15) is 5.82 Å². The molecule has 1 aliphatic heterocycles. The van der Waals surface area contributed by atoms with Gasteiger partial charge in [-0.05, 0) is 29.7 Å². The molecule has 0 unspecified atom stereocenters. The maximum atomic E-state index is 13.7. The van der Waals surface area contributed by atoms with Gasteiger partial charge in [0.25, 0.3) is 0 Å². The zero-order valence-corrected chi connectivity index (χ0v) is 11.4. The summed E-state index contributed by atoms with van der Waals surface area (Å²) >= 11 is 0. The van der Waals surface area contributed by atoms with Crippen molar-refractivity contribution in [2.45, 2.75) is 19.5 Å². The van der Waals surface area contributed by atoms with E-state index >= 15 is 0 Å². The fourth-order valence-corrected chi connectivity index (χ4v) is 2.72. The summed E-state index contributed by atoms with van der Waals surface area (Å²) in [6.45, 7) is 1.55. The van der Waals surface area contributed by atoms with E-state index in [9.17, 15) is 13.2 Å². The number of nitrogen functional groups attached to an aromatic ring is 1. The minimum Gasteiger partial charge on any atom is -0.398 e. The van der Waals surface area contributed by atoms with Gasteiger partial charge in [0.2, 0.25) is 0 Å². The Kier molecular flexibility index (Phi) is 3.59. The first-order chi connectivity index (χ1) is 10.0. The predicted octanol–water partition coefficient (Wildman–Crippen LogP) is 3.24. The molecule has 5 heteroatoms. The number of benzene rings is 2. The molecule has 2 N–H and O–H groups in total. The van der Waals surface area contributed by atoms with Crippen LogP contribution in [0.3, 0.4) is 0 Å². The molecule has 0 atom stereocenters. The summed E-state index contributed by atoms with van der Waals surface area (Å²) in [5.41, 5.74) is 9.06. The zero-order valence-electron chi connectivity index (χ0n) is 11.4. The summed E-state index contributed by atoms with van der Waals surface area (Å²) in [4.78, 5) is 1.98. The summed E-state index contributed by atoms with van der Waals surface area (Å²) in [7, 11) is 0. The van der Waals surface area contributed by atoms with Crippen LogP contribution < -0.4 is 5.73 Å². The van der Waals surface area contributed by atoms with E-state index in [-0.39, 0.29) is 12.1 Å². The van der Waals surface area contributed by atoms with Crippen molar-refractivity contribution in [3.8, 4) is 0 Å². The summed E-state index contributed by atoms with van der Waals surface area (Å²) in [5.74, 6) is -2.91. The van der Waals surface area contributed by atoms with E-state index in [1.165, 1.54) is 5.56 Å². The van der Waals surface area contributed by atoms with Crippen LogP contribution in [0.4, 0.5) is 18.9 Å². The number of rotatable bonds is 2. The predicted molar refractivity (Wildman–Crippen MR) is 75.0 cm³/mol. The van der Waals surface area contributed by atoms with Crippen LogP contribution in [0, 0.1) is 17.5 Å². The molecule has 0 aliphatic carbocycles. The molecule has 0 radical (unpaired) electrons. The molecule has 2 aromatic rings. The number of hydrogen-bond acceptors (Lipinski definition) is 2. The molecule has 3 rings (SSSR count). The van der Waals surface area contributed by atoms with E-state index in [1.807, 2.05) is 23.1 Å². The van der Waals surface area contributed by atoms with Crippen LogP contribution in [0.1, 0.15) is 16.7 Å². The van der Waals surface area contributed by atoms with Gasteiger partial charge in [-0.3, -0.25) is 4.90 Å². The van der Waals surface area contributed by atoms with E-state index in [4.69, 9.17) is 5.73 Å². The highest BCUT2D eigenvalue weighted by molar-refractivity contribution is 5.51. The number of nitrogens with zero attached hydrogens (tertiary/aromatic N) is 1. The Bertz CT molecular complexity index is 685. The quantitative estimate of drug-likeness (QED) is 0.680. The topological polar surface area (TPSA) is 29.3 Å². The number of hydrogen-bond donors (Lipinski definition) is 1. The van der Waals surface area contributed by atoms with Crippen LogP contribution in [-0.2, 0) is 19.5 Å². The lowest BCUT2D eigenvalue weighted by Gasteiger charge is -2.29. The highest BCUT2D eigenvalue weighted by Gasteiger charge is 2.20. The average molecular weight is 292 g/mol.